The van der Waals surface area contributed by atoms with E-state index in [0.29, 0.717) is 5.69 Å². The van der Waals surface area contributed by atoms with Crippen molar-refractivity contribution in [1.29, 1.82) is 0 Å². The third-order valence-electron chi connectivity index (χ3n) is 2.66. The molecule has 0 spiro atoms. The standard InChI is InChI=1S/C8H7ClFNO2S.C6H5ClFN.C2H4Cl2O2S/c1-2-14(12,13)11-6-3-4-8(10)7(9)5-6;7-5-3-4(9)1-2-6(5)8;3-1-2-7(4,5)6/h2-5,11H,1H2;1-3H,9H2;1-2H2. The van der Waals surface area contributed by atoms with Crippen molar-refractivity contribution in [3.05, 3.63) is 70.1 Å². The molecule has 0 aliphatic heterocycles. The largest absolute Gasteiger partial charge is 0.399 e. The van der Waals surface area contributed by atoms with Crippen LogP contribution in [0.15, 0.2) is 48.4 Å². The molecule has 0 unspecified atom stereocenters. The average Bonchev–Trinajstić information content (AvgIpc) is 2.61. The van der Waals surface area contributed by atoms with Crippen molar-refractivity contribution in [3.63, 3.8) is 0 Å². The molecule has 0 heterocycles. The maximum Gasteiger partial charge on any atom is 0.254 e. The zero-order chi connectivity index (χ0) is 23.5. The Hall–Kier alpha value is -1.30. The van der Waals surface area contributed by atoms with E-state index in [-0.39, 0.29) is 27.4 Å². The Balaban J connectivity index is 0.000000454. The summed E-state index contributed by atoms with van der Waals surface area (Å²) in [6.07, 6.45) is 0. The smallest absolute Gasteiger partial charge is 0.254 e. The highest BCUT2D eigenvalue weighted by Crippen LogP contribution is 2.20. The van der Waals surface area contributed by atoms with Crippen LogP contribution in [0, 0.1) is 11.6 Å². The van der Waals surface area contributed by atoms with Gasteiger partial charge in [0.05, 0.1) is 21.5 Å². The predicted molar refractivity (Wildman–Crippen MR) is 120 cm³/mol. The van der Waals surface area contributed by atoms with Crippen molar-refractivity contribution in [1.82, 2.24) is 0 Å². The molecule has 3 N–H and O–H groups in total. The molecular weight excluding hydrogens is 528 g/mol. The number of benzene rings is 2. The average molecular weight is 544 g/mol. The summed E-state index contributed by atoms with van der Waals surface area (Å²) in [6, 6.07) is 7.58. The van der Waals surface area contributed by atoms with Gasteiger partial charge in [-0.25, -0.2) is 25.6 Å². The Labute approximate surface area is 193 Å². The zero-order valence-corrected chi connectivity index (χ0v) is 19.6. The van der Waals surface area contributed by atoms with Crippen LogP contribution in [0.1, 0.15) is 0 Å². The summed E-state index contributed by atoms with van der Waals surface area (Å²) in [4.78, 5) is 0. The van der Waals surface area contributed by atoms with Crippen molar-refractivity contribution < 1.29 is 25.6 Å². The number of sulfonamides is 1. The van der Waals surface area contributed by atoms with Crippen LogP contribution in [0.4, 0.5) is 20.2 Å². The lowest BCUT2D eigenvalue weighted by molar-refractivity contribution is 0.608. The van der Waals surface area contributed by atoms with Crippen LogP contribution in [0.25, 0.3) is 0 Å². The second-order valence-corrected chi connectivity index (χ2v) is 10.8. The predicted octanol–water partition coefficient (Wildman–Crippen LogP) is 5.22. The molecule has 0 aliphatic rings. The third kappa shape index (κ3) is 13.1. The van der Waals surface area contributed by atoms with Crippen LogP contribution in [0.2, 0.25) is 10.0 Å². The minimum atomic E-state index is -3.57. The number of halogens is 6. The number of hydrogen-bond acceptors (Lipinski definition) is 5. The monoisotopic (exact) mass is 542 g/mol. The molecule has 0 aromatic heterocycles. The Morgan fingerprint density at radius 3 is 1.83 bits per heavy atom. The number of nitrogen functional groups attached to an aromatic ring is 1. The van der Waals surface area contributed by atoms with E-state index in [1.165, 1.54) is 30.3 Å². The minimum absolute atomic E-state index is 0.0613. The summed E-state index contributed by atoms with van der Waals surface area (Å²) in [5.41, 5.74) is 5.94. The molecule has 0 amide bonds. The number of alkyl halides is 1. The van der Waals surface area contributed by atoms with Gasteiger partial charge in [0.15, 0.2) is 0 Å². The fourth-order valence-corrected chi connectivity index (χ4v) is 3.54. The first-order chi connectivity index (χ1) is 13.7. The summed E-state index contributed by atoms with van der Waals surface area (Å²) < 4.78 is 69.0. The van der Waals surface area contributed by atoms with Gasteiger partial charge in [-0.3, -0.25) is 4.72 Å². The van der Waals surface area contributed by atoms with Gasteiger partial charge < -0.3 is 5.73 Å². The maximum atomic E-state index is 12.7. The van der Waals surface area contributed by atoms with E-state index in [2.05, 4.69) is 11.3 Å². The molecule has 30 heavy (non-hydrogen) atoms. The second kappa shape index (κ2) is 13.2. The van der Waals surface area contributed by atoms with Gasteiger partial charge in [-0.05, 0) is 36.4 Å². The number of nitrogens with one attached hydrogen (secondary N) is 1. The maximum absolute atomic E-state index is 12.7. The van der Waals surface area contributed by atoms with E-state index in [0.717, 1.165) is 11.5 Å². The van der Waals surface area contributed by atoms with Crippen molar-refractivity contribution in [2.75, 3.05) is 22.1 Å². The van der Waals surface area contributed by atoms with E-state index in [9.17, 15) is 25.6 Å². The van der Waals surface area contributed by atoms with Crippen LogP contribution >= 0.6 is 45.5 Å². The molecule has 14 heteroatoms. The molecular formula is C16H16Cl4F2N2O4S2. The SMILES string of the molecule is C=CS(=O)(=O)Nc1ccc(F)c(Cl)c1.Nc1ccc(F)c(Cl)c1.O=S(=O)(Cl)CCCl. The van der Waals surface area contributed by atoms with Gasteiger partial charge in [0.1, 0.15) is 11.6 Å². The quantitative estimate of drug-likeness (QED) is 0.305. The van der Waals surface area contributed by atoms with Gasteiger partial charge >= 0.3 is 0 Å². The molecule has 6 nitrogen and oxygen atoms in total. The molecule has 0 bridgehead atoms. The first-order valence-corrected chi connectivity index (χ1v) is 12.8. The van der Waals surface area contributed by atoms with Crippen LogP contribution in [-0.4, -0.2) is 28.5 Å². The van der Waals surface area contributed by atoms with Crippen molar-refractivity contribution in [3.8, 4) is 0 Å². The number of hydrogen-bond donors (Lipinski definition) is 2. The first kappa shape index (κ1) is 28.7. The van der Waals surface area contributed by atoms with Gasteiger partial charge in [0.25, 0.3) is 10.0 Å². The summed E-state index contributed by atoms with van der Waals surface area (Å²) in [5, 5.41) is 0.675. The van der Waals surface area contributed by atoms with Gasteiger partial charge in [-0.1, -0.05) is 29.8 Å². The van der Waals surface area contributed by atoms with E-state index < -0.39 is 30.7 Å². The summed E-state index contributed by atoms with van der Waals surface area (Å²) >= 11 is 15.8. The molecule has 0 radical (unpaired) electrons. The van der Waals surface area contributed by atoms with Crippen LogP contribution in [-0.2, 0) is 19.1 Å². The van der Waals surface area contributed by atoms with E-state index in [1.54, 1.807) is 0 Å². The highest BCUT2D eigenvalue weighted by molar-refractivity contribution is 8.13. The molecule has 0 aliphatic carbocycles. The number of rotatable bonds is 5. The molecule has 2 aromatic carbocycles. The molecule has 0 fully saturated rings. The highest BCUT2D eigenvalue weighted by atomic mass is 35.7. The van der Waals surface area contributed by atoms with Crippen molar-refractivity contribution >= 4 is 75.9 Å². The van der Waals surface area contributed by atoms with Gasteiger partial charge in [-0.2, -0.15) is 0 Å². The Morgan fingerprint density at radius 1 is 1.00 bits per heavy atom. The normalized spacial score (nSPS) is 10.7. The molecule has 168 valence electrons. The fraction of sp³-hybridized carbons (Fsp3) is 0.125. The van der Waals surface area contributed by atoms with Crippen molar-refractivity contribution in [2.24, 2.45) is 0 Å². The minimum Gasteiger partial charge on any atom is -0.399 e. The van der Waals surface area contributed by atoms with Crippen LogP contribution in [0.3, 0.4) is 0 Å². The summed E-state index contributed by atoms with van der Waals surface area (Å²) in [6.45, 7) is 3.11. The zero-order valence-electron chi connectivity index (χ0n) is 15.0. The molecule has 2 rings (SSSR count). The Bertz CT molecular complexity index is 1070. The Morgan fingerprint density at radius 2 is 1.50 bits per heavy atom. The second-order valence-electron chi connectivity index (χ2n) is 5.05. The lowest BCUT2D eigenvalue weighted by atomic mass is 10.3. The lowest BCUT2D eigenvalue weighted by Gasteiger charge is -2.04. The molecule has 0 saturated heterocycles. The van der Waals surface area contributed by atoms with E-state index >= 15 is 0 Å². The molecule has 2 aromatic rings. The van der Waals surface area contributed by atoms with E-state index in [1.807, 2.05) is 0 Å². The third-order valence-corrected chi connectivity index (χ3v) is 5.77. The first-order valence-electron chi connectivity index (χ1n) is 7.50. The summed E-state index contributed by atoms with van der Waals surface area (Å²) in [7, 11) is -2.18. The van der Waals surface area contributed by atoms with Crippen molar-refractivity contribution in [2.45, 2.75) is 0 Å². The van der Waals surface area contributed by atoms with Gasteiger partial charge in [0.2, 0.25) is 9.05 Å². The summed E-state index contributed by atoms with van der Waals surface area (Å²) in [5.74, 6) is -1.14. The Kier molecular flexibility index (Phi) is 12.6. The lowest BCUT2D eigenvalue weighted by Crippen LogP contribution is -2.08. The number of anilines is 2. The topological polar surface area (TPSA) is 106 Å². The van der Waals surface area contributed by atoms with Crippen LogP contribution in [0.5, 0.6) is 0 Å². The van der Waals surface area contributed by atoms with Gasteiger partial charge in [0, 0.05) is 27.7 Å². The fourth-order valence-electron chi connectivity index (χ4n) is 1.37. The highest BCUT2D eigenvalue weighted by Gasteiger charge is 2.06. The molecule has 0 atom stereocenters. The molecule has 0 saturated carbocycles. The van der Waals surface area contributed by atoms with E-state index in [4.69, 9.17) is 51.2 Å². The van der Waals surface area contributed by atoms with Crippen LogP contribution < -0.4 is 10.5 Å². The van der Waals surface area contributed by atoms with Gasteiger partial charge in [-0.15, -0.1) is 11.6 Å². The number of nitrogens with two attached hydrogens (primary N) is 1.